The average molecular weight is 252 g/mol. The summed E-state index contributed by atoms with van der Waals surface area (Å²) in [6, 6.07) is 9.38. The maximum absolute atomic E-state index is 13.1. The molecule has 0 spiro atoms. The zero-order chi connectivity index (χ0) is 12.4. The maximum atomic E-state index is 13.1. The summed E-state index contributed by atoms with van der Waals surface area (Å²) < 4.78 is 18.7. The van der Waals surface area contributed by atoms with Gasteiger partial charge in [0.05, 0.1) is 10.7 Å². The molecule has 2 N–H and O–H groups in total. The Bertz CT molecular complexity index is 537. The minimum Gasteiger partial charge on any atom is -0.453 e. The molecule has 0 amide bonds. The van der Waals surface area contributed by atoms with Gasteiger partial charge in [-0.15, -0.1) is 0 Å². The molecule has 0 bridgehead atoms. The number of hydrogen-bond donors (Lipinski definition) is 1. The summed E-state index contributed by atoms with van der Waals surface area (Å²) in [4.78, 5) is 0. The van der Waals surface area contributed by atoms with E-state index in [-0.39, 0.29) is 5.82 Å². The van der Waals surface area contributed by atoms with E-state index < -0.39 is 0 Å². The lowest BCUT2D eigenvalue weighted by molar-refractivity contribution is 0.475. The lowest BCUT2D eigenvalue weighted by Gasteiger charge is -2.12. The van der Waals surface area contributed by atoms with Crippen LogP contribution < -0.4 is 10.5 Å². The molecule has 0 aliphatic carbocycles. The van der Waals surface area contributed by atoms with Gasteiger partial charge < -0.3 is 10.5 Å². The number of anilines is 1. The summed E-state index contributed by atoms with van der Waals surface area (Å²) in [6.07, 6.45) is 0. The second-order valence-corrected chi connectivity index (χ2v) is 4.08. The van der Waals surface area contributed by atoms with Gasteiger partial charge in [-0.2, -0.15) is 0 Å². The molecule has 2 nitrogen and oxygen atoms in total. The highest BCUT2D eigenvalue weighted by molar-refractivity contribution is 6.32. The lowest BCUT2D eigenvalue weighted by Crippen LogP contribution is -1.94. The van der Waals surface area contributed by atoms with Crippen molar-refractivity contribution >= 4 is 17.3 Å². The Balaban J connectivity index is 2.41. The molecule has 17 heavy (non-hydrogen) atoms. The third kappa shape index (κ3) is 2.50. The van der Waals surface area contributed by atoms with Crippen LogP contribution in [0.15, 0.2) is 36.4 Å². The normalized spacial score (nSPS) is 10.3. The van der Waals surface area contributed by atoms with Crippen LogP contribution in [0.4, 0.5) is 10.1 Å². The van der Waals surface area contributed by atoms with Crippen LogP contribution in [-0.2, 0) is 0 Å². The highest BCUT2D eigenvalue weighted by atomic mass is 35.5. The summed E-state index contributed by atoms with van der Waals surface area (Å²) in [7, 11) is 0. The first-order valence-electron chi connectivity index (χ1n) is 5.06. The van der Waals surface area contributed by atoms with E-state index in [1.54, 1.807) is 24.3 Å². The molecule has 2 rings (SSSR count). The van der Waals surface area contributed by atoms with E-state index >= 15 is 0 Å². The summed E-state index contributed by atoms with van der Waals surface area (Å²) in [6.45, 7) is 1.82. The smallest absolute Gasteiger partial charge is 0.168 e. The van der Waals surface area contributed by atoms with Crippen LogP contribution in [0.1, 0.15) is 5.56 Å². The van der Waals surface area contributed by atoms with Crippen molar-refractivity contribution < 1.29 is 9.13 Å². The van der Waals surface area contributed by atoms with Gasteiger partial charge in [-0.1, -0.05) is 23.7 Å². The van der Waals surface area contributed by atoms with Crippen molar-refractivity contribution in [3.63, 3.8) is 0 Å². The molecule has 0 saturated carbocycles. The average Bonchev–Trinajstić information content (AvgIpc) is 2.28. The van der Waals surface area contributed by atoms with E-state index in [0.29, 0.717) is 22.2 Å². The van der Waals surface area contributed by atoms with E-state index in [9.17, 15) is 4.39 Å². The number of nitrogens with two attached hydrogens (primary N) is 1. The van der Waals surface area contributed by atoms with Crippen molar-refractivity contribution in [3.05, 3.63) is 52.8 Å². The number of para-hydroxylation sites is 1. The van der Waals surface area contributed by atoms with Crippen molar-refractivity contribution in [2.24, 2.45) is 0 Å². The molecule has 0 heterocycles. The second kappa shape index (κ2) is 4.63. The molecule has 88 valence electrons. The predicted octanol–water partition coefficient (Wildman–Crippen LogP) is 4.16. The first kappa shape index (κ1) is 11.7. The Labute approximate surface area is 104 Å². The van der Waals surface area contributed by atoms with Gasteiger partial charge in [0, 0.05) is 6.07 Å². The Kier molecular flexibility index (Phi) is 3.20. The van der Waals surface area contributed by atoms with E-state index in [1.807, 2.05) is 6.92 Å². The Morgan fingerprint density at radius 2 is 2.00 bits per heavy atom. The van der Waals surface area contributed by atoms with E-state index in [4.69, 9.17) is 22.1 Å². The Morgan fingerprint density at radius 1 is 1.24 bits per heavy atom. The maximum Gasteiger partial charge on any atom is 0.168 e. The van der Waals surface area contributed by atoms with Crippen LogP contribution >= 0.6 is 11.6 Å². The number of halogens is 2. The van der Waals surface area contributed by atoms with Crippen molar-refractivity contribution in [2.45, 2.75) is 6.92 Å². The van der Waals surface area contributed by atoms with Crippen LogP contribution in [0.3, 0.4) is 0 Å². The highest BCUT2D eigenvalue weighted by Crippen LogP contribution is 2.35. The summed E-state index contributed by atoms with van der Waals surface area (Å²) in [5.41, 5.74) is 6.98. The molecule has 2 aromatic carbocycles. The fourth-order valence-electron chi connectivity index (χ4n) is 1.43. The largest absolute Gasteiger partial charge is 0.453 e. The fraction of sp³-hybridized carbons (Fsp3) is 0.0769. The molecule has 0 aliphatic heterocycles. The van der Waals surface area contributed by atoms with Gasteiger partial charge in [0.25, 0.3) is 0 Å². The van der Waals surface area contributed by atoms with Crippen molar-refractivity contribution in [1.29, 1.82) is 0 Å². The van der Waals surface area contributed by atoms with Gasteiger partial charge in [0.15, 0.2) is 5.75 Å². The van der Waals surface area contributed by atoms with Gasteiger partial charge >= 0.3 is 0 Å². The Morgan fingerprint density at radius 3 is 2.71 bits per heavy atom. The quantitative estimate of drug-likeness (QED) is 0.814. The molecule has 0 aliphatic rings. The van der Waals surface area contributed by atoms with Crippen LogP contribution in [0, 0.1) is 12.7 Å². The SMILES string of the molecule is Cc1ccc(F)cc1Oc1c(N)cccc1Cl. The number of nitrogen functional groups attached to an aromatic ring is 1. The zero-order valence-electron chi connectivity index (χ0n) is 9.21. The summed E-state index contributed by atoms with van der Waals surface area (Å²) in [5, 5.41) is 0.397. The third-order valence-electron chi connectivity index (χ3n) is 2.36. The monoisotopic (exact) mass is 251 g/mol. The molecule has 4 heteroatoms. The summed E-state index contributed by atoms with van der Waals surface area (Å²) >= 11 is 5.97. The van der Waals surface area contributed by atoms with Crippen LogP contribution in [0.5, 0.6) is 11.5 Å². The first-order chi connectivity index (χ1) is 8.08. The lowest BCUT2D eigenvalue weighted by atomic mass is 10.2. The molecular formula is C13H11ClFNO. The van der Waals surface area contributed by atoms with Crippen LogP contribution in [0.25, 0.3) is 0 Å². The third-order valence-corrected chi connectivity index (χ3v) is 2.66. The molecule has 2 aromatic rings. The highest BCUT2D eigenvalue weighted by Gasteiger charge is 2.09. The number of benzene rings is 2. The van der Waals surface area contributed by atoms with Gasteiger partial charge in [0.2, 0.25) is 0 Å². The molecule has 0 fully saturated rings. The zero-order valence-corrected chi connectivity index (χ0v) is 9.96. The molecule has 0 unspecified atom stereocenters. The summed E-state index contributed by atoms with van der Waals surface area (Å²) in [5.74, 6) is 0.392. The number of aryl methyl sites for hydroxylation is 1. The fourth-order valence-corrected chi connectivity index (χ4v) is 1.65. The predicted molar refractivity (Wildman–Crippen MR) is 67.1 cm³/mol. The minimum atomic E-state index is -0.365. The van der Waals surface area contributed by atoms with Gasteiger partial charge in [-0.05, 0) is 30.7 Å². The van der Waals surface area contributed by atoms with Crippen molar-refractivity contribution in [3.8, 4) is 11.5 Å². The standard InChI is InChI=1S/C13H11ClFNO/c1-8-5-6-9(15)7-12(8)17-13-10(14)3-2-4-11(13)16/h2-7H,16H2,1H3. The topological polar surface area (TPSA) is 35.2 Å². The molecular weight excluding hydrogens is 241 g/mol. The van der Waals surface area contributed by atoms with Gasteiger partial charge in [-0.3, -0.25) is 0 Å². The van der Waals surface area contributed by atoms with Crippen molar-refractivity contribution in [2.75, 3.05) is 5.73 Å². The van der Waals surface area contributed by atoms with Crippen LogP contribution in [0.2, 0.25) is 5.02 Å². The number of rotatable bonds is 2. The van der Waals surface area contributed by atoms with Gasteiger partial charge in [0.1, 0.15) is 11.6 Å². The molecule has 0 atom stereocenters. The van der Waals surface area contributed by atoms with Gasteiger partial charge in [-0.25, -0.2) is 4.39 Å². The van der Waals surface area contributed by atoms with E-state index in [0.717, 1.165) is 5.56 Å². The Hall–Kier alpha value is -1.74. The van der Waals surface area contributed by atoms with E-state index in [2.05, 4.69) is 0 Å². The minimum absolute atomic E-state index is 0.350. The molecule has 0 aromatic heterocycles. The first-order valence-corrected chi connectivity index (χ1v) is 5.43. The van der Waals surface area contributed by atoms with Crippen molar-refractivity contribution in [1.82, 2.24) is 0 Å². The molecule has 0 saturated heterocycles. The second-order valence-electron chi connectivity index (χ2n) is 3.67. The molecule has 0 radical (unpaired) electrons. The number of ether oxygens (including phenoxy) is 1. The van der Waals surface area contributed by atoms with E-state index in [1.165, 1.54) is 12.1 Å². The van der Waals surface area contributed by atoms with Crippen LogP contribution in [-0.4, -0.2) is 0 Å². The number of hydrogen-bond acceptors (Lipinski definition) is 2.